The molecule has 2 aromatic rings. The van der Waals surface area contributed by atoms with Crippen LogP contribution in [0.1, 0.15) is 29.6 Å². The monoisotopic (exact) mass is 361 g/mol. The number of amides is 1. The lowest BCUT2D eigenvalue weighted by molar-refractivity contribution is -0.129. The van der Waals surface area contributed by atoms with E-state index in [9.17, 15) is 4.79 Å². The number of morpholine rings is 1. The second kappa shape index (κ2) is 6.86. The molecule has 8 heteroatoms. The molecule has 1 amide bonds. The molecule has 0 saturated carbocycles. The molecular weight excluding hydrogens is 338 g/mol. The van der Waals surface area contributed by atoms with Crippen molar-refractivity contribution in [2.45, 2.75) is 31.9 Å². The number of aromatic nitrogens is 3. The minimum atomic E-state index is -0.0942. The van der Waals surface area contributed by atoms with Gasteiger partial charge in [-0.25, -0.2) is 4.98 Å². The summed E-state index contributed by atoms with van der Waals surface area (Å²) in [6.45, 7) is 4.88. The van der Waals surface area contributed by atoms with Gasteiger partial charge in [-0.1, -0.05) is 0 Å². The van der Waals surface area contributed by atoms with E-state index in [-0.39, 0.29) is 18.1 Å². The van der Waals surface area contributed by atoms with E-state index >= 15 is 0 Å². The maximum Gasteiger partial charge on any atom is 0.245 e. The summed E-state index contributed by atoms with van der Waals surface area (Å²) in [5.74, 6) is 0.901. The fraction of sp³-hybridized carbons (Fsp3) is 0.588. The van der Waals surface area contributed by atoms with Gasteiger partial charge in [0.1, 0.15) is 11.1 Å². The zero-order valence-corrected chi connectivity index (χ0v) is 15.4. The maximum atomic E-state index is 13.1. The van der Waals surface area contributed by atoms with Gasteiger partial charge >= 0.3 is 0 Å². The van der Waals surface area contributed by atoms with Crippen LogP contribution < -0.4 is 4.90 Å². The highest BCUT2D eigenvalue weighted by atomic mass is 32.1. The number of hydrogen-bond acceptors (Lipinski definition) is 6. The molecule has 2 aliphatic heterocycles. The molecule has 2 aliphatic rings. The van der Waals surface area contributed by atoms with E-state index in [4.69, 9.17) is 4.74 Å². The SMILES string of the molecule is Cc1csc([C@@H]2CN([C@@H]3CCCN(c4ccn(C)n4)C3=O)CCO2)n1. The Kier molecular flexibility index (Phi) is 4.58. The zero-order chi connectivity index (χ0) is 17.4. The van der Waals surface area contributed by atoms with Crippen LogP contribution in [0.3, 0.4) is 0 Å². The van der Waals surface area contributed by atoms with Gasteiger partial charge in [0.15, 0.2) is 5.82 Å². The van der Waals surface area contributed by atoms with Crippen LogP contribution in [0.5, 0.6) is 0 Å². The van der Waals surface area contributed by atoms with Crippen molar-refractivity contribution < 1.29 is 9.53 Å². The summed E-state index contributed by atoms with van der Waals surface area (Å²) >= 11 is 1.63. The van der Waals surface area contributed by atoms with Crippen LogP contribution in [-0.2, 0) is 16.6 Å². The number of hydrogen-bond donors (Lipinski definition) is 0. The number of carbonyl (C=O) groups excluding carboxylic acids is 1. The first-order chi connectivity index (χ1) is 12.1. The second-order valence-corrected chi connectivity index (χ2v) is 7.57. The molecule has 2 aromatic heterocycles. The van der Waals surface area contributed by atoms with Crippen molar-refractivity contribution >= 4 is 23.1 Å². The summed E-state index contributed by atoms with van der Waals surface area (Å²) in [6, 6.07) is 1.81. The lowest BCUT2D eigenvalue weighted by Crippen LogP contribution is -2.55. The Morgan fingerprint density at radius 2 is 2.24 bits per heavy atom. The number of nitrogens with zero attached hydrogens (tertiary/aromatic N) is 5. The Morgan fingerprint density at radius 1 is 1.36 bits per heavy atom. The molecule has 0 spiro atoms. The van der Waals surface area contributed by atoms with Crippen LogP contribution in [0.25, 0.3) is 0 Å². The van der Waals surface area contributed by atoms with Crippen molar-refractivity contribution in [1.82, 2.24) is 19.7 Å². The Bertz CT molecular complexity index is 758. The number of thiazole rings is 1. The molecule has 134 valence electrons. The van der Waals surface area contributed by atoms with Gasteiger partial charge in [-0.2, -0.15) is 5.10 Å². The van der Waals surface area contributed by atoms with Gasteiger partial charge in [-0.15, -0.1) is 11.3 Å². The number of anilines is 1. The molecule has 0 aromatic carbocycles. The quantitative estimate of drug-likeness (QED) is 0.833. The van der Waals surface area contributed by atoms with Crippen molar-refractivity contribution in [3.63, 3.8) is 0 Å². The lowest BCUT2D eigenvalue weighted by Gasteiger charge is -2.41. The molecule has 2 saturated heterocycles. The van der Waals surface area contributed by atoms with Crippen molar-refractivity contribution in [3.8, 4) is 0 Å². The Morgan fingerprint density at radius 3 is 2.96 bits per heavy atom. The van der Waals surface area contributed by atoms with Crippen LogP contribution in [0, 0.1) is 6.92 Å². The van der Waals surface area contributed by atoms with Crippen LogP contribution in [0.4, 0.5) is 5.82 Å². The van der Waals surface area contributed by atoms with E-state index in [2.05, 4.69) is 15.0 Å². The van der Waals surface area contributed by atoms with Crippen molar-refractivity contribution in [2.24, 2.45) is 7.05 Å². The second-order valence-electron chi connectivity index (χ2n) is 6.68. The summed E-state index contributed by atoms with van der Waals surface area (Å²) in [7, 11) is 1.87. The Labute approximate surface area is 151 Å². The first-order valence-corrected chi connectivity index (χ1v) is 9.58. The molecule has 2 atom stereocenters. The molecule has 2 fully saturated rings. The van der Waals surface area contributed by atoms with Gasteiger partial charge in [0.2, 0.25) is 5.91 Å². The van der Waals surface area contributed by atoms with E-state index in [1.54, 1.807) is 16.0 Å². The molecule has 0 radical (unpaired) electrons. The smallest absolute Gasteiger partial charge is 0.245 e. The normalized spacial score (nSPS) is 25.5. The fourth-order valence-corrected chi connectivity index (χ4v) is 4.43. The van der Waals surface area contributed by atoms with E-state index in [0.29, 0.717) is 6.61 Å². The molecule has 4 rings (SSSR count). The van der Waals surface area contributed by atoms with Crippen LogP contribution >= 0.6 is 11.3 Å². The molecule has 0 unspecified atom stereocenters. The summed E-state index contributed by atoms with van der Waals surface area (Å²) in [5.41, 5.74) is 1.02. The fourth-order valence-electron chi connectivity index (χ4n) is 3.59. The minimum Gasteiger partial charge on any atom is -0.368 e. The third kappa shape index (κ3) is 3.33. The highest BCUT2D eigenvalue weighted by Gasteiger charge is 2.37. The molecular formula is C17H23N5O2S. The van der Waals surface area contributed by atoms with Gasteiger partial charge in [-0.05, 0) is 19.8 Å². The molecule has 0 N–H and O–H groups in total. The Hall–Kier alpha value is -1.77. The van der Waals surface area contributed by atoms with Gasteiger partial charge < -0.3 is 4.74 Å². The zero-order valence-electron chi connectivity index (χ0n) is 14.6. The summed E-state index contributed by atoms with van der Waals surface area (Å²) < 4.78 is 7.65. The molecule has 25 heavy (non-hydrogen) atoms. The van der Waals surface area contributed by atoms with Gasteiger partial charge in [0.25, 0.3) is 0 Å². The topological polar surface area (TPSA) is 63.5 Å². The van der Waals surface area contributed by atoms with Gasteiger partial charge in [-0.3, -0.25) is 19.3 Å². The molecule has 0 bridgehead atoms. The van der Waals surface area contributed by atoms with Crippen molar-refractivity contribution in [2.75, 3.05) is 31.1 Å². The predicted octanol–water partition coefficient (Wildman–Crippen LogP) is 1.75. The van der Waals surface area contributed by atoms with E-state index in [0.717, 1.165) is 49.0 Å². The largest absolute Gasteiger partial charge is 0.368 e. The van der Waals surface area contributed by atoms with E-state index < -0.39 is 0 Å². The van der Waals surface area contributed by atoms with Crippen LogP contribution in [0.2, 0.25) is 0 Å². The third-order valence-corrected chi connectivity index (χ3v) is 5.89. The molecule has 7 nitrogen and oxygen atoms in total. The minimum absolute atomic E-state index is 0.0366. The summed E-state index contributed by atoms with van der Waals surface area (Å²) in [5, 5.41) is 7.45. The predicted molar refractivity (Wildman–Crippen MR) is 95.7 cm³/mol. The van der Waals surface area contributed by atoms with Crippen molar-refractivity contribution in [1.29, 1.82) is 0 Å². The highest BCUT2D eigenvalue weighted by Crippen LogP contribution is 2.29. The van der Waals surface area contributed by atoms with Gasteiger partial charge in [0, 0.05) is 50.0 Å². The van der Waals surface area contributed by atoms with Crippen LogP contribution in [0.15, 0.2) is 17.6 Å². The number of ether oxygens (including phenoxy) is 1. The number of carbonyl (C=O) groups is 1. The number of piperidine rings is 1. The summed E-state index contributed by atoms with van der Waals surface area (Å²) in [4.78, 5) is 21.7. The van der Waals surface area contributed by atoms with E-state index in [1.807, 2.05) is 36.5 Å². The number of rotatable bonds is 3. The first kappa shape index (κ1) is 16.7. The number of aryl methyl sites for hydroxylation is 2. The standard InChI is InChI=1S/C17H23N5O2S/c1-12-11-25-16(18-12)14-10-21(8-9-24-14)13-4-3-6-22(17(13)23)15-5-7-20(2)19-15/h5,7,11,13-14H,3-4,6,8-10H2,1-2H3/t13-,14+/m1/s1. The van der Waals surface area contributed by atoms with Gasteiger partial charge in [0.05, 0.1) is 12.6 Å². The Balaban J connectivity index is 1.49. The highest BCUT2D eigenvalue weighted by molar-refractivity contribution is 7.09. The third-order valence-electron chi connectivity index (χ3n) is 4.84. The average Bonchev–Trinajstić information content (AvgIpc) is 3.24. The molecule has 4 heterocycles. The van der Waals surface area contributed by atoms with E-state index in [1.165, 1.54) is 0 Å². The average molecular weight is 361 g/mol. The lowest BCUT2D eigenvalue weighted by atomic mass is 10.0. The summed E-state index contributed by atoms with van der Waals surface area (Å²) in [6.07, 6.45) is 3.73. The van der Waals surface area contributed by atoms with Crippen molar-refractivity contribution in [3.05, 3.63) is 28.3 Å². The molecule has 0 aliphatic carbocycles. The maximum absolute atomic E-state index is 13.1. The van der Waals surface area contributed by atoms with Crippen LogP contribution in [-0.4, -0.2) is 57.9 Å². The first-order valence-electron chi connectivity index (χ1n) is 8.70.